The molecule has 0 radical (unpaired) electrons. The molecule has 9 nitrogen and oxygen atoms in total. The Kier molecular flexibility index (Phi) is 10.6. The molecule has 16 heteroatoms. The number of hydrogen-bond donors (Lipinski definition) is 2. The summed E-state index contributed by atoms with van der Waals surface area (Å²) >= 11 is 1.84. The Bertz CT molecular complexity index is 966. The highest BCUT2D eigenvalue weighted by Gasteiger charge is 2.41. The van der Waals surface area contributed by atoms with Gasteiger partial charge in [-0.15, -0.1) is 11.3 Å². The van der Waals surface area contributed by atoms with Gasteiger partial charge in [0.05, 0.1) is 18.4 Å². The zero-order valence-electron chi connectivity index (χ0n) is 19.2. The van der Waals surface area contributed by atoms with E-state index in [-0.39, 0.29) is 5.60 Å². The van der Waals surface area contributed by atoms with E-state index in [2.05, 4.69) is 37.3 Å². The number of hydrogen-bond acceptors (Lipinski definition) is 8. The normalized spacial score (nSPS) is 20.3. The van der Waals surface area contributed by atoms with E-state index >= 15 is 0 Å². The van der Waals surface area contributed by atoms with Gasteiger partial charge >= 0.3 is 24.3 Å². The van der Waals surface area contributed by atoms with E-state index in [0.717, 1.165) is 58.0 Å². The van der Waals surface area contributed by atoms with Gasteiger partial charge in [0.2, 0.25) is 0 Å². The SMILES string of the molecule is O=C(O)C(F)(F)F.O=C(O)C(F)(F)F.c1csc(CN2CCOC3(CCCN(c4cnccn4)C3)C2)c1. The average Bonchev–Trinajstić information content (AvgIpc) is 3.32. The molecule has 2 saturated heterocycles. The zero-order chi connectivity index (χ0) is 27.7. The van der Waals surface area contributed by atoms with Crippen LogP contribution in [0.2, 0.25) is 0 Å². The van der Waals surface area contributed by atoms with Gasteiger partial charge in [-0.25, -0.2) is 14.6 Å². The molecule has 2 aliphatic rings. The molecule has 2 aromatic heterocycles. The molecule has 2 aromatic rings. The first kappa shape index (κ1) is 30.2. The summed E-state index contributed by atoms with van der Waals surface area (Å²) in [5.41, 5.74) is -0.0642. The van der Waals surface area contributed by atoms with Crippen molar-refractivity contribution >= 4 is 29.1 Å². The quantitative estimate of drug-likeness (QED) is 0.545. The number of rotatable bonds is 3. The Hall–Kier alpha value is -2.98. The van der Waals surface area contributed by atoms with Gasteiger partial charge in [-0.2, -0.15) is 26.3 Å². The molecule has 0 aromatic carbocycles. The standard InChI is InChI=1S/C17H22N4OS.2C2HF3O2/c1-3-15(23-10-1)12-20-8-9-22-17(13-20)4-2-7-21(14-17)16-11-18-5-6-19-16;2*3-2(4,5)1(6)7/h1,3,5-6,10-11H,2,4,7-9,12-14H2;2*(H,6,7). The Morgan fingerprint density at radius 3 is 2.22 bits per heavy atom. The number of halogens is 6. The number of carbonyl (C=O) groups is 2. The molecule has 206 valence electrons. The van der Waals surface area contributed by atoms with Crippen molar-refractivity contribution in [2.24, 2.45) is 0 Å². The molecular weight excluding hydrogens is 534 g/mol. The number of nitrogens with zero attached hydrogens (tertiary/aromatic N) is 4. The number of aromatic nitrogens is 2. The number of anilines is 1. The van der Waals surface area contributed by atoms with Crippen molar-refractivity contribution in [3.63, 3.8) is 0 Å². The summed E-state index contributed by atoms with van der Waals surface area (Å²) < 4.78 is 69.8. The van der Waals surface area contributed by atoms with Crippen molar-refractivity contribution in [1.82, 2.24) is 14.9 Å². The van der Waals surface area contributed by atoms with E-state index in [1.54, 1.807) is 12.4 Å². The summed E-state index contributed by atoms with van der Waals surface area (Å²) in [7, 11) is 0. The summed E-state index contributed by atoms with van der Waals surface area (Å²) in [5, 5.41) is 16.4. The third-order valence-corrected chi connectivity index (χ3v) is 6.05. The maximum Gasteiger partial charge on any atom is 0.490 e. The van der Waals surface area contributed by atoms with Crippen molar-refractivity contribution in [2.45, 2.75) is 37.3 Å². The Balaban J connectivity index is 0.000000286. The van der Waals surface area contributed by atoms with Crippen molar-refractivity contribution in [3.05, 3.63) is 41.0 Å². The van der Waals surface area contributed by atoms with Gasteiger partial charge < -0.3 is 19.8 Å². The number of alkyl halides is 6. The molecule has 0 aliphatic carbocycles. The summed E-state index contributed by atoms with van der Waals surface area (Å²) in [6, 6.07) is 4.35. The fourth-order valence-electron chi connectivity index (χ4n) is 3.68. The fraction of sp³-hybridized carbons (Fsp3) is 0.524. The molecule has 0 saturated carbocycles. The van der Waals surface area contributed by atoms with Gasteiger partial charge in [0, 0.05) is 50.0 Å². The van der Waals surface area contributed by atoms with Crippen LogP contribution in [0.4, 0.5) is 32.2 Å². The number of carboxylic acids is 2. The lowest BCUT2D eigenvalue weighted by atomic mass is 9.90. The molecule has 4 heterocycles. The first-order chi connectivity index (χ1) is 17.2. The number of thiophene rings is 1. The zero-order valence-corrected chi connectivity index (χ0v) is 20.0. The summed E-state index contributed by atoms with van der Waals surface area (Å²) in [5.74, 6) is -4.55. The monoisotopic (exact) mass is 558 g/mol. The van der Waals surface area contributed by atoms with Gasteiger partial charge in [0.1, 0.15) is 5.82 Å². The van der Waals surface area contributed by atoms with E-state index < -0.39 is 24.3 Å². The third-order valence-electron chi connectivity index (χ3n) is 5.19. The van der Waals surface area contributed by atoms with E-state index in [1.165, 1.54) is 4.88 Å². The van der Waals surface area contributed by atoms with Crippen LogP contribution in [0.1, 0.15) is 17.7 Å². The number of morpholine rings is 1. The molecule has 4 rings (SSSR count). The highest BCUT2D eigenvalue weighted by molar-refractivity contribution is 7.09. The molecular formula is C21H24F6N4O5S. The topological polar surface area (TPSA) is 116 Å². The second kappa shape index (κ2) is 13.0. The molecule has 2 aliphatic heterocycles. The molecule has 0 amide bonds. The van der Waals surface area contributed by atoms with Crippen LogP contribution in [0.5, 0.6) is 0 Å². The first-order valence-corrected chi connectivity index (χ1v) is 11.6. The van der Waals surface area contributed by atoms with Crippen LogP contribution in [-0.4, -0.2) is 87.8 Å². The molecule has 1 unspecified atom stereocenters. The molecule has 2 fully saturated rings. The lowest BCUT2D eigenvalue weighted by molar-refractivity contribution is -0.193. The van der Waals surface area contributed by atoms with Crippen LogP contribution in [-0.2, 0) is 20.9 Å². The predicted octanol–water partition coefficient (Wildman–Crippen LogP) is 3.68. The van der Waals surface area contributed by atoms with E-state index in [9.17, 15) is 26.3 Å². The van der Waals surface area contributed by atoms with Gasteiger partial charge in [-0.1, -0.05) is 6.07 Å². The van der Waals surface area contributed by atoms with Crippen molar-refractivity contribution in [3.8, 4) is 0 Å². The van der Waals surface area contributed by atoms with E-state index in [4.69, 9.17) is 24.5 Å². The number of aliphatic carboxylic acids is 2. The maximum absolute atomic E-state index is 10.6. The Morgan fingerprint density at radius 1 is 1.05 bits per heavy atom. The Labute approximate surface area is 211 Å². The largest absolute Gasteiger partial charge is 0.490 e. The van der Waals surface area contributed by atoms with Crippen LogP contribution in [0, 0.1) is 0 Å². The second-order valence-electron chi connectivity index (χ2n) is 8.02. The highest BCUT2D eigenvalue weighted by Crippen LogP contribution is 2.31. The molecule has 0 bridgehead atoms. The third kappa shape index (κ3) is 10.1. The van der Waals surface area contributed by atoms with Gasteiger partial charge in [0.25, 0.3) is 0 Å². The second-order valence-corrected chi connectivity index (χ2v) is 9.05. The van der Waals surface area contributed by atoms with Gasteiger partial charge in [0.15, 0.2) is 0 Å². The predicted molar refractivity (Wildman–Crippen MR) is 119 cm³/mol. The Morgan fingerprint density at radius 2 is 1.70 bits per heavy atom. The van der Waals surface area contributed by atoms with Crippen molar-refractivity contribution in [2.75, 3.05) is 37.7 Å². The number of piperidine rings is 1. The number of ether oxygens (including phenoxy) is 1. The fourth-order valence-corrected chi connectivity index (χ4v) is 4.42. The average molecular weight is 559 g/mol. The van der Waals surface area contributed by atoms with Crippen LogP contribution in [0.15, 0.2) is 36.1 Å². The number of carboxylic acid groups (broad SMARTS) is 2. The minimum atomic E-state index is -5.08. The molecule has 2 N–H and O–H groups in total. The smallest absolute Gasteiger partial charge is 0.475 e. The summed E-state index contributed by atoms with van der Waals surface area (Å²) in [4.78, 5) is 32.7. The van der Waals surface area contributed by atoms with Gasteiger partial charge in [-0.3, -0.25) is 9.88 Å². The minimum absolute atomic E-state index is 0.0642. The van der Waals surface area contributed by atoms with Crippen molar-refractivity contribution in [1.29, 1.82) is 0 Å². The lowest BCUT2D eigenvalue weighted by Gasteiger charge is -2.48. The first-order valence-electron chi connectivity index (χ1n) is 10.7. The van der Waals surface area contributed by atoms with Gasteiger partial charge in [-0.05, 0) is 24.3 Å². The summed E-state index contributed by atoms with van der Waals surface area (Å²) in [6.45, 7) is 5.82. The highest BCUT2D eigenvalue weighted by atomic mass is 32.1. The molecule has 37 heavy (non-hydrogen) atoms. The van der Waals surface area contributed by atoms with Crippen LogP contribution < -0.4 is 4.90 Å². The maximum atomic E-state index is 10.6. The lowest BCUT2D eigenvalue weighted by Crippen LogP contribution is -2.59. The molecule has 1 spiro atoms. The van der Waals surface area contributed by atoms with Crippen LogP contribution in [0.3, 0.4) is 0 Å². The molecule has 1 atom stereocenters. The minimum Gasteiger partial charge on any atom is -0.475 e. The van der Waals surface area contributed by atoms with E-state index in [0.29, 0.717) is 0 Å². The van der Waals surface area contributed by atoms with Crippen LogP contribution in [0.25, 0.3) is 0 Å². The summed E-state index contributed by atoms with van der Waals surface area (Å²) in [6.07, 6.45) is -2.55. The van der Waals surface area contributed by atoms with Crippen molar-refractivity contribution < 1.29 is 50.9 Å². The van der Waals surface area contributed by atoms with E-state index in [1.807, 2.05) is 17.5 Å². The van der Waals surface area contributed by atoms with Crippen LogP contribution >= 0.6 is 11.3 Å².